The molecule has 1 N–H and O–H groups in total. The molecule has 0 radical (unpaired) electrons. The van der Waals surface area contributed by atoms with Crippen molar-refractivity contribution in [2.24, 2.45) is 0 Å². The van der Waals surface area contributed by atoms with Crippen molar-refractivity contribution in [3.05, 3.63) is 29.3 Å². The maximum atomic E-state index is 9.70. The van der Waals surface area contributed by atoms with Gasteiger partial charge in [-0.3, -0.25) is 0 Å². The maximum Gasteiger partial charge on any atom is 0.0992 e. The molecule has 1 rings (SSSR count). The molecule has 0 saturated heterocycles. The lowest BCUT2D eigenvalue weighted by Crippen LogP contribution is -2.23. The molecule has 0 spiro atoms. The molecule has 1 unspecified atom stereocenters. The quantitative estimate of drug-likeness (QED) is 0.842. The van der Waals surface area contributed by atoms with E-state index in [0.29, 0.717) is 18.7 Å². The van der Waals surface area contributed by atoms with E-state index in [9.17, 15) is 5.11 Å². The van der Waals surface area contributed by atoms with Gasteiger partial charge in [-0.2, -0.15) is 5.26 Å². The third-order valence-electron chi connectivity index (χ3n) is 2.65. The molecule has 4 nitrogen and oxygen atoms in total. The van der Waals surface area contributed by atoms with Crippen molar-refractivity contribution >= 4 is 5.69 Å². The fourth-order valence-corrected chi connectivity index (χ4v) is 1.65. The maximum absolute atomic E-state index is 9.70. The van der Waals surface area contributed by atoms with Crippen LogP contribution in [0.4, 0.5) is 5.69 Å². The van der Waals surface area contributed by atoms with Gasteiger partial charge in [0.15, 0.2) is 0 Å². The van der Waals surface area contributed by atoms with E-state index in [1.54, 1.807) is 32.2 Å². The predicted molar refractivity (Wildman–Crippen MR) is 66.9 cm³/mol. The Bertz CT molecular complexity index is 410. The highest BCUT2D eigenvalue weighted by molar-refractivity contribution is 5.58. The lowest BCUT2D eigenvalue weighted by molar-refractivity contribution is 0.197. The molecule has 1 aromatic rings. The molecule has 0 aliphatic carbocycles. The van der Waals surface area contributed by atoms with E-state index < -0.39 is 6.10 Å². The number of hydrogen-bond acceptors (Lipinski definition) is 4. The number of hydrogen-bond donors (Lipinski definition) is 1. The minimum atomic E-state index is -0.553. The smallest absolute Gasteiger partial charge is 0.0992 e. The zero-order valence-electron chi connectivity index (χ0n) is 10.5. The van der Waals surface area contributed by atoms with Crippen LogP contribution in [0.25, 0.3) is 0 Å². The minimum Gasteiger partial charge on any atom is -0.389 e. The first-order valence-corrected chi connectivity index (χ1v) is 5.52. The molecule has 0 fully saturated rings. The number of likely N-dealkylation sites (N-methyl/N-ethyl adjacent to an activating group) is 1. The summed E-state index contributed by atoms with van der Waals surface area (Å²) in [4.78, 5) is 1.98. The van der Waals surface area contributed by atoms with Crippen LogP contribution in [0, 0.1) is 11.3 Å². The average molecular weight is 234 g/mol. The lowest BCUT2D eigenvalue weighted by Gasteiger charge is -2.23. The Labute approximate surface area is 102 Å². The molecule has 0 aliphatic heterocycles. The SMILES string of the molecule is COCCN(C)c1cc(C#N)ccc1C(C)O. The van der Waals surface area contributed by atoms with Crippen LogP contribution in [0.15, 0.2) is 18.2 Å². The normalized spacial score (nSPS) is 11.9. The van der Waals surface area contributed by atoms with Gasteiger partial charge in [0, 0.05) is 32.0 Å². The van der Waals surface area contributed by atoms with E-state index in [1.807, 2.05) is 11.9 Å². The second-order valence-corrected chi connectivity index (χ2v) is 3.98. The molecule has 0 aromatic heterocycles. The molecule has 0 saturated carbocycles. The predicted octanol–water partition coefficient (Wildman–Crippen LogP) is 1.69. The van der Waals surface area contributed by atoms with Gasteiger partial charge < -0.3 is 14.7 Å². The van der Waals surface area contributed by atoms with E-state index in [4.69, 9.17) is 10.00 Å². The largest absolute Gasteiger partial charge is 0.389 e. The first-order chi connectivity index (χ1) is 8.10. The molecule has 17 heavy (non-hydrogen) atoms. The zero-order chi connectivity index (χ0) is 12.8. The van der Waals surface area contributed by atoms with Crippen LogP contribution < -0.4 is 4.90 Å². The summed E-state index contributed by atoms with van der Waals surface area (Å²) in [5.41, 5.74) is 2.28. The number of aliphatic hydroxyl groups excluding tert-OH is 1. The molecular formula is C13H18N2O2. The fourth-order valence-electron chi connectivity index (χ4n) is 1.65. The number of benzene rings is 1. The van der Waals surface area contributed by atoms with Crippen molar-refractivity contribution in [1.29, 1.82) is 5.26 Å². The Morgan fingerprint density at radius 3 is 2.76 bits per heavy atom. The Kier molecular flexibility index (Phi) is 4.95. The van der Waals surface area contributed by atoms with Gasteiger partial charge in [-0.1, -0.05) is 6.07 Å². The van der Waals surface area contributed by atoms with Gasteiger partial charge in [0.25, 0.3) is 0 Å². The first-order valence-electron chi connectivity index (χ1n) is 5.52. The second-order valence-electron chi connectivity index (χ2n) is 3.98. The summed E-state index contributed by atoms with van der Waals surface area (Å²) < 4.78 is 5.02. The van der Waals surface area contributed by atoms with E-state index in [1.165, 1.54) is 0 Å². The van der Waals surface area contributed by atoms with E-state index in [-0.39, 0.29) is 0 Å². The number of nitriles is 1. The molecule has 0 amide bonds. The van der Waals surface area contributed by atoms with E-state index in [0.717, 1.165) is 11.3 Å². The molecular weight excluding hydrogens is 216 g/mol. The van der Waals surface area contributed by atoms with Crippen molar-refractivity contribution in [1.82, 2.24) is 0 Å². The highest BCUT2D eigenvalue weighted by Crippen LogP contribution is 2.26. The van der Waals surface area contributed by atoms with Crippen LogP contribution >= 0.6 is 0 Å². The Balaban J connectivity index is 3.04. The highest BCUT2D eigenvalue weighted by atomic mass is 16.5. The number of aliphatic hydroxyl groups is 1. The van der Waals surface area contributed by atoms with Crippen LogP contribution in [0.1, 0.15) is 24.2 Å². The number of nitrogens with zero attached hydrogens (tertiary/aromatic N) is 2. The van der Waals surface area contributed by atoms with Crippen molar-refractivity contribution in [3.63, 3.8) is 0 Å². The van der Waals surface area contributed by atoms with Gasteiger partial charge in [0.2, 0.25) is 0 Å². The minimum absolute atomic E-state index is 0.553. The van der Waals surface area contributed by atoms with Crippen LogP contribution in [0.2, 0.25) is 0 Å². The Morgan fingerprint density at radius 2 is 2.24 bits per heavy atom. The standard InChI is InChI=1S/C13H18N2O2/c1-10(16)12-5-4-11(9-14)8-13(12)15(2)6-7-17-3/h4-5,8,10,16H,6-7H2,1-3H3. The topological polar surface area (TPSA) is 56.5 Å². The highest BCUT2D eigenvalue weighted by Gasteiger charge is 2.12. The summed E-state index contributed by atoms with van der Waals surface area (Å²) in [6, 6.07) is 7.41. The third kappa shape index (κ3) is 3.45. The van der Waals surface area contributed by atoms with Crippen LogP contribution in [0.5, 0.6) is 0 Å². The van der Waals surface area contributed by atoms with Crippen molar-refractivity contribution < 1.29 is 9.84 Å². The summed E-state index contributed by atoms with van der Waals surface area (Å²) >= 11 is 0. The summed E-state index contributed by atoms with van der Waals surface area (Å²) in [7, 11) is 3.57. The monoisotopic (exact) mass is 234 g/mol. The molecule has 92 valence electrons. The first kappa shape index (κ1) is 13.5. The number of anilines is 1. The average Bonchev–Trinajstić information content (AvgIpc) is 2.34. The Hall–Kier alpha value is -1.57. The van der Waals surface area contributed by atoms with Gasteiger partial charge in [0.05, 0.1) is 24.3 Å². The summed E-state index contributed by atoms with van der Waals surface area (Å²) in [6.07, 6.45) is -0.553. The number of methoxy groups -OCH3 is 1. The molecule has 1 atom stereocenters. The second kappa shape index (κ2) is 6.24. The zero-order valence-corrected chi connectivity index (χ0v) is 10.5. The molecule has 1 aromatic carbocycles. The van der Waals surface area contributed by atoms with Gasteiger partial charge in [-0.15, -0.1) is 0 Å². The fraction of sp³-hybridized carbons (Fsp3) is 0.462. The van der Waals surface area contributed by atoms with Gasteiger partial charge >= 0.3 is 0 Å². The summed E-state index contributed by atoms with van der Waals surface area (Å²) in [5.74, 6) is 0. The van der Waals surface area contributed by atoms with Gasteiger partial charge in [0.1, 0.15) is 0 Å². The van der Waals surface area contributed by atoms with Crippen molar-refractivity contribution in [3.8, 4) is 6.07 Å². The van der Waals surface area contributed by atoms with Gasteiger partial charge in [-0.25, -0.2) is 0 Å². The van der Waals surface area contributed by atoms with Crippen LogP contribution in [0.3, 0.4) is 0 Å². The molecule has 0 bridgehead atoms. The van der Waals surface area contributed by atoms with Crippen molar-refractivity contribution in [2.45, 2.75) is 13.0 Å². The van der Waals surface area contributed by atoms with E-state index in [2.05, 4.69) is 6.07 Å². The van der Waals surface area contributed by atoms with Gasteiger partial charge in [-0.05, 0) is 19.1 Å². The molecule has 4 heteroatoms. The molecule has 0 aliphatic rings. The van der Waals surface area contributed by atoms with Crippen LogP contribution in [-0.4, -0.2) is 32.4 Å². The molecule has 0 heterocycles. The summed E-state index contributed by atoms with van der Waals surface area (Å²) in [6.45, 7) is 3.03. The Morgan fingerprint density at radius 1 is 1.53 bits per heavy atom. The lowest BCUT2D eigenvalue weighted by atomic mass is 10.0. The number of rotatable bonds is 5. The van der Waals surface area contributed by atoms with Crippen molar-refractivity contribution in [2.75, 3.05) is 32.2 Å². The van der Waals surface area contributed by atoms with E-state index >= 15 is 0 Å². The number of ether oxygens (including phenoxy) is 1. The van der Waals surface area contributed by atoms with Crippen LogP contribution in [-0.2, 0) is 4.74 Å². The third-order valence-corrected chi connectivity index (χ3v) is 2.65. The summed E-state index contributed by atoms with van der Waals surface area (Å²) in [5, 5.41) is 18.6.